The molecule has 2 aromatic rings. The van der Waals surface area contributed by atoms with Gasteiger partial charge in [-0.15, -0.1) is 0 Å². The van der Waals surface area contributed by atoms with Gasteiger partial charge in [-0.3, -0.25) is 14.5 Å². The number of nitrogens with one attached hydrogen (secondary N) is 1. The fourth-order valence-electron chi connectivity index (χ4n) is 3.64. The van der Waals surface area contributed by atoms with Gasteiger partial charge in [-0.1, -0.05) is 42.8 Å². The van der Waals surface area contributed by atoms with E-state index in [9.17, 15) is 9.59 Å². The number of hydrogen-bond donors (Lipinski definition) is 1. The van der Waals surface area contributed by atoms with Crippen molar-refractivity contribution < 1.29 is 9.59 Å². The number of hydrogen-bond acceptors (Lipinski definition) is 3. The number of nitrogens with zero attached hydrogens (tertiary/aromatic N) is 2. The Labute approximate surface area is 167 Å². The molecule has 0 spiro atoms. The van der Waals surface area contributed by atoms with Crippen molar-refractivity contribution in [1.29, 1.82) is 0 Å². The molecule has 0 unspecified atom stereocenters. The Morgan fingerprint density at radius 2 is 1.82 bits per heavy atom. The van der Waals surface area contributed by atoms with Crippen molar-refractivity contribution in [3.63, 3.8) is 0 Å². The van der Waals surface area contributed by atoms with Gasteiger partial charge in [0, 0.05) is 37.4 Å². The molecular formula is C23H29N3O2. The first-order chi connectivity index (χ1) is 13.6. The molecule has 5 heteroatoms. The van der Waals surface area contributed by atoms with E-state index < -0.39 is 0 Å². The van der Waals surface area contributed by atoms with Crippen molar-refractivity contribution in [2.24, 2.45) is 0 Å². The molecular weight excluding hydrogens is 350 g/mol. The molecule has 3 rings (SSSR count). The van der Waals surface area contributed by atoms with Crippen LogP contribution in [0.4, 0.5) is 5.69 Å². The van der Waals surface area contributed by atoms with Crippen LogP contribution >= 0.6 is 0 Å². The highest BCUT2D eigenvalue weighted by Crippen LogP contribution is 2.16. The fraction of sp³-hybridized carbons (Fsp3) is 0.391. The van der Waals surface area contributed by atoms with E-state index >= 15 is 0 Å². The van der Waals surface area contributed by atoms with Crippen molar-refractivity contribution in [3.8, 4) is 0 Å². The van der Waals surface area contributed by atoms with Gasteiger partial charge in [-0.25, -0.2) is 0 Å². The molecule has 1 aliphatic heterocycles. The summed E-state index contributed by atoms with van der Waals surface area (Å²) in [6.45, 7) is 7.33. The Balaban J connectivity index is 1.55. The van der Waals surface area contributed by atoms with Gasteiger partial charge >= 0.3 is 0 Å². The Hall–Kier alpha value is -2.66. The van der Waals surface area contributed by atoms with Gasteiger partial charge < -0.3 is 10.2 Å². The topological polar surface area (TPSA) is 52.7 Å². The number of anilines is 1. The van der Waals surface area contributed by atoms with E-state index in [1.165, 1.54) is 0 Å². The van der Waals surface area contributed by atoms with Crippen LogP contribution in [0.15, 0.2) is 48.5 Å². The minimum Gasteiger partial charge on any atom is -0.337 e. The van der Waals surface area contributed by atoms with E-state index in [1.54, 1.807) is 0 Å². The second-order valence-electron chi connectivity index (χ2n) is 7.35. The third kappa shape index (κ3) is 5.20. The highest BCUT2D eigenvalue weighted by molar-refractivity contribution is 5.94. The molecule has 1 saturated heterocycles. The minimum atomic E-state index is -0.000592. The van der Waals surface area contributed by atoms with E-state index in [-0.39, 0.29) is 11.8 Å². The molecule has 1 heterocycles. The van der Waals surface area contributed by atoms with Crippen LogP contribution in [0.25, 0.3) is 0 Å². The zero-order valence-electron chi connectivity index (χ0n) is 16.8. The highest BCUT2D eigenvalue weighted by Gasteiger charge is 2.21. The number of amides is 2. The summed E-state index contributed by atoms with van der Waals surface area (Å²) in [6, 6.07) is 15.6. The second kappa shape index (κ2) is 9.51. The normalized spacial score (nSPS) is 15.1. The van der Waals surface area contributed by atoms with Crippen LogP contribution in [0.1, 0.15) is 34.8 Å². The summed E-state index contributed by atoms with van der Waals surface area (Å²) in [6.07, 6.45) is 1.76. The molecule has 0 atom stereocenters. The van der Waals surface area contributed by atoms with E-state index in [2.05, 4.69) is 17.1 Å². The third-order valence-corrected chi connectivity index (χ3v) is 5.18. The molecule has 0 aliphatic carbocycles. The lowest BCUT2D eigenvalue weighted by atomic mass is 10.1. The summed E-state index contributed by atoms with van der Waals surface area (Å²) in [5.41, 5.74) is 3.86. The maximum atomic E-state index is 12.8. The first kappa shape index (κ1) is 20.1. The van der Waals surface area contributed by atoms with Crippen molar-refractivity contribution in [3.05, 3.63) is 65.2 Å². The van der Waals surface area contributed by atoms with E-state index in [0.717, 1.165) is 48.3 Å². The van der Waals surface area contributed by atoms with E-state index in [0.29, 0.717) is 19.6 Å². The highest BCUT2D eigenvalue weighted by atomic mass is 16.2. The second-order valence-corrected chi connectivity index (χ2v) is 7.35. The molecule has 0 bridgehead atoms. The number of rotatable bonds is 5. The number of aryl methyl sites for hydroxylation is 2. The Morgan fingerprint density at radius 3 is 2.61 bits per heavy atom. The van der Waals surface area contributed by atoms with Gasteiger partial charge in [0.15, 0.2) is 0 Å². The molecule has 148 valence electrons. The molecule has 28 heavy (non-hydrogen) atoms. The van der Waals surface area contributed by atoms with Crippen LogP contribution in [0.2, 0.25) is 0 Å². The Kier molecular flexibility index (Phi) is 6.82. The monoisotopic (exact) mass is 379 g/mol. The smallest absolute Gasteiger partial charge is 0.253 e. The number of carbonyl (C=O) groups is 2. The standard InChI is InChI=1S/C23H29N3O2/c1-3-19-9-4-5-11-21(19)24-22(27)17-25-12-7-13-26(15-14-25)23(28)20-10-6-8-18(2)16-20/h4-6,8-11,16H,3,7,12-15,17H2,1-2H3,(H,24,27). The molecule has 0 aromatic heterocycles. The van der Waals surface area contributed by atoms with Crippen molar-refractivity contribution in [1.82, 2.24) is 9.80 Å². The fourth-order valence-corrected chi connectivity index (χ4v) is 3.64. The van der Waals surface area contributed by atoms with Crippen LogP contribution in [-0.4, -0.2) is 54.3 Å². The molecule has 2 aromatic carbocycles. The maximum absolute atomic E-state index is 12.8. The molecule has 5 nitrogen and oxygen atoms in total. The van der Waals surface area contributed by atoms with Crippen LogP contribution in [0.3, 0.4) is 0 Å². The summed E-state index contributed by atoms with van der Waals surface area (Å²) in [5, 5.41) is 3.03. The Bertz CT molecular complexity index is 834. The van der Waals surface area contributed by atoms with Crippen molar-refractivity contribution in [2.45, 2.75) is 26.7 Å². The molecule has 1 fully saturated rings. The number of carbonyl (C=O) groups excluding carboxylic acids is 2. The zero-order valence-corrected chi connectivity index (χ0v) is 16.8. The number of para-hydroxylation sites is 1. The van der Waals surface area contributed by atoms with Crippen LogP contribution in [-0.2, 0) is 11.2 Å². The summed E-state index contributed by atoms with van der Waals surface area (Å²) in [4.78, 5) is 29.3. The molecule has 0 radical (unpaired) electrons. The zero-order chi connectivity index (χ0) is 19.9. The van der Waals surface area contributed by atoms with Gasteiger partial charge in [-0.2, -0.15) is 0 Å². The maximum Gasteiger partial charge on any atom is 0.253 e. The van der Waals surface area contributed by atoms with Crippen LogP contribution in [0, 0.1) is 6.92 Å². The largest absolute Gasteiger partial charge is 0.337 e. The summed E-state index contributed by atoms with van der Waals surface area (Å²) in [5.74, 6) is 0.0752. The van der Waals surface area contributed by atoms with Gasteiger partial charge in [0.1, 0.15) is 0 Å². The lowest BCUT2D eigenvalue weighted by Gasteiger charge is -2.22. The summed E-state index contributed by atoms with van der Waals surface area (Å²) < 4.78 is 0. The van der Waals surface area contributed by atoms with E-state index in [1.807, 2.05) is 60.4 Å². The molecule has 2 amide bonds. The quantitative estimate of drug-likeness (QED) is 0.867. The van der Waals surface area contributed by atoms with Crippen LogP contribution in [0.5, 0.6) is 0 Å². The molecule has 0 saturated carbocycles. The predicted octanol–water partition coefficient (Wildman–Crippen LogP) is 3.34. The Morgan fingerprint density at radius 1 is 1.00 bits per heavy atom. The molecule has 1 N–H and O–H groups in total. The predicted molar refractivity (Wildman–Crippen MR) is 113 cm³/mol. The van der Waals surface area contributed by atoms with E-state index in [4.69, 9.17) is 0 Å². The van der Waals surface area contributed by atoms with Gasteiger partial charge in [0.2, 0.25) is 5.91 Å². The average molecular weight is 380 g/mol. The van der Waals surface area contributed by atoms with Crippen molar-refractivity contribution in [2.75, 3.05) is 38.0 Å². The van der Waals surface area contributed by atoms with Gasteiger partial charge in [-0.05, 0) is 43.5 Å². The van der Waals surface area contributed by atoms with Crippen LogP contribution < -0.4 is 5.32 Å². The summed E-state index contributed by atoms with van der Waals surface area (Å²) in [7, 11) is 0. The lowest BCUT2D eigenvalue weighted by Crippen LogP contribution is -2.38. The first-order valence-electron chi connectivity index (χ1n) is 10.0. The third-order valence-electron chi connectivity index (χ3n) is 5.18. The van der Waals surface area contributed by atoms with Gasteiger partial charge in [0.25, 0.3) is 5.91 Å². The minimum absolute atomic E-state index is 0.000592. The SMILES string of the molecule is CCc1ccccc1NC(=O)CN1CCCN(C(=O)c2cccc(C)c2)CC1. The summed E-state index contributed by atoms with van der Waals surface area (Å²) >= 11 is 0. The number of benzene rings is 2. The molecule has 1 aliphatic rings. The van der Waals surface area contributed by atoms with Crippen molar-refractivity contribution >= 4 is 17.5 Å². The lowest BCUT2D eigenvalue weighted by molar-refractivity contribution is -0.117. The van der Waals surface area contributed by atoms with Gasteiger partial charge in [0.05, 0.1) is 6.54 Å². The first-order valence-corrected chi connectivity index (χ1v) is 10.0. The average Bonchev–Trinajstić information content (AvgIpc) is 2.93.